The maximum atomic E-state index is 11.4. The van der Waals surface area contributed by atoms with E-state index in [0.29, 0.717) is 18.8 Å². The molecule has 0 saturated carbocycles. The molecule has 2 aromatic heterocycles. The molecule has 0 saturated heterocycles. The molecular formula is C12H14N4O. The zero-order valence-electron chi connectivity index (χ0n) is 9.60. The van der Waals surface area contributed by atoms with E-state index in [2.05, 4.69) is 20.3 Å². The van der Waals surface area contributed by atoms with E-state index in [1.807, 2.05) is 19.2 Å². The van der Waals surface area contributed by atoms with Crippen molar-refractivity contribution < 1.29 is 0 Å². The van der Waals surface area contributed by atoms with E-state index in [9.17, 15) is 4.79 Å². The lowest BCUT2D eigenvalue weighted by Crippen LogP contribution is -2.16. The van der Waals surface area contributed by atoms with Gasteiger partial charge in [-0.25, -0.2) is 4.98 Å². The van der Waals surface area contributed by atoms with Crippen molar-refractivity contribution in [3.8, 4) is 0 Å². The van der Waals surface area contributed by atoms with Crippen LogP contribution < -0.4 is 10.9 Å². The van der Waals surface area contributed by atoms with E-state index in [1.165, 1.54) is 6.07 Å². The van der Waals surface area contributed by atoms with E-state index < -0.39 is 0 Å². The van der Waals surface area contributed by atoms with Crippen LogP contribution in [0.25, 0.3) is 0 Å². The van der Waals surface area contributed by atoms with Crippen LogP contribution in [0.2, 0.25) is 0 Å². The minimum Gasteiger partial charge on any atom is -0.314 e. The molecule has 0 fully saturated rings. The summed E-state index contributed by atoms with van der Waals surface area (Å²) < 4.78 is 0. The number of rotatable bonds is 4. The van der Waals surface area contributed by atoms with E-state index in [1.54, 1.807) is 12.4 Å². The number of hydrogen-bond donors (Lipinski definition) is 2. The number of aromatic nitrogens is 3. The second-order valence-electron chi connectivity index (χ2n) is 3.75. The Bertz CT molecular complexity index is 536. The maximum absolute atomic E-state index is 11.4. The first kappa shape index (κ1) is 11.5. The van der Waals surface area contributed by atoms with Gasteiger partial charge in [0.05, 0.1) is 5.69 Å². The minimum absolute atomic E-state index is 0.121. The predicted molar refractivity (Wildman–Crippen MR) is 64.7 cm³/mol. The van der Waals surface area contributed by atoms with Gasteiger partial charge in [-0.15, -0.1) is 0 Å². The third-order valence-corrected chi connectivity index (χ3v) is 2.30. The molecule has 2 N–H and O–H groups in total. The summed E-state index contributed by atoms with van der Waals surface area (Å²) >= 11 is 0. The Labute approximate surface area is 99.0 Å². The molecule has 0 bridgehead atoms. The van der Waals surface area contributed by atoms with Crippen LogP contribution in [-0.4, -0.2) is 22.0 Å². The maximum Gasteiger partial charge on any atom is 0.251 e. The van der Waals surface area contributed by atoms with Gasteiger partial charge in [0.25, 0.3) is 5.56 Å². The Balaban J connectivity index is 2.24. The SMILES string of the molecule is CNCc1cc(=O)[nH]c(Cc2cccnc2)n1. The van der Waals surface area contributed by atoms with Crippen LogP contribution in [0.5, 0.6) is 0 Å². The van der Waals surface area contributed by atoms with Crippen molar-refractivity contribution in [1.29, 1.82) is 0 Å². The third-order valence-electron chi connectivity index (χ3n) is 2.30. The average Bonchev–Trinajstić information content (AvgIpc) is 2.30. The van der Waals surface area contributed by atoms with Crippen LogP contribution >= 0.6 is 0 Å². The highest BCUT2D eigenvalue weighted by atomic mass is 16.1. The summed E-state index contributed by atoms with van der Waals surface area (Å²) in [5.41, 5.74) is 1.65. The normalized spacial score (nSPS) is 10.4. The molecule has 2 aromatic rings. The zero-order chi connectivity index (χ0) is 12.1. The lowest BCUT2D eigenvalue weighted by atomic mass is 10.2. The highest BCUT2D eigenvalue weighted by molar-refractivity contribution is 5.15. The van der Waals surface area contributed by atoms with Gasteiger partial charge in [0.15, 0.2) is 0 Å². The van der Waals surface area contributed by atoms with Crippen LogP contribution in [0.3, 0.4) is 0 Å². The Morgan fingerprint density at radius 3 is 3.06 bits per heavy atom. The number of nitrogens with one attached hydrogen (secondary N) is 2. The Kier molecular flexibility index (Phi) is 3.62. The molecule has 0 aromatic carbocycles. The van der Waals surface area contributed by atoms with Crippen molar-refractivity contribution in [2.45, 2.75) is 13.0 Å². The fourth-order valence-corrected chi connectivity index (χ4v) is 1.61. The number of H-pyrrole nitrogens is 1. The van der Waals surface area contributed by atoms with Crippen LogP contribution in [0.15, 0.2) is 35.4 Å². The molecule has 0 unspecified atom stereocenters. The van der Waals surface area contributed by atoms with Crippen LogP contribution in [0.4, 0.5) is 0 Å². The highest BCUT2D eigenvalue weighted by Crippen LogP contribution is 2.02. The van der Waals surface area contributed by atoms with Gasteiger partial charge < -0.3 is 10.3 Å². The number of nitrogens with zero attached hydrogens (tertiary/aromatic N) is 2. The molecule has 5 nitrogen and oxygen atoms in total. The van der Waals surface area contributed by atoms with E-state index in [0.717, 1.165) is 11.3 Å². The molecule has 0 amide bonds. The number of aromatic amines is 1. The quantitative estimate of drug-likeness (QED) is 0.801. The Morgan fingerprint density at radius 1 is 1.47 bits per heavy atom. The monoisotopic (exact) mass is 230 g/mol. The molecular weight excluding hydrogens is 216 g/mol. The van der Waals surface area contributed by atoms with Gasteiger partial charge >= 0.3 is 0 Å². The highest BCUT2D eigenvalue weighted by Gasteiger charge is 2.02. The Morgan fingerprint density at radius 2 is 2.35 bits per heavy atom. The van der Waals surface area contributed by atoms with Gasteiger partial charge in [0, 0.05) is 31.4 Å². The van der Waals surface area contributed by atoms with Gasteiger partial charge in [-0.2, -0.15) is 0 Å². The van der Waals surface area contributed by atoms with Crippen molar-refractivity contribution >= 4 is 0 Å². The Hall–Kier alpha value is -2.01. The number of pyridine rings is 1. The summed E-state index contributed by atoms with van der Waals surface area (Å²) in [7, 11) is 1.82. The first-order valence-electron chi connectivity index (χ1n) is 5.40. The van der Waals surface area contributed by atoms with Gasteiger partial charge in [-0.05, 0) is 18.7 Å². The molecule has 0 aliphatic carbocycles. The molecule has 0 aliphatic rings. The molecule has 88 valence electrons. The molecule has 5 heteroatoms. The van der Waals surface area contributed by atoms with Crippen molar-refractivity contribution in [3.63, 3.8) is 0 Å². The molecule has 2 rings (SSSR count). The molecule has 0 aliphatic heterocycles. The number of hydrogen-bond acceptors (Lipinski definition) is 4. The van der Waals surface area contributed by atoms with Gasteiger partial charge in [-0.3, -0.25) is 9.78 Å². The summed E-state index contributed by atoms with van der Waals surface area (Å²) in [5.74, 6) is 0.663. The predicted octanol–water partition coefficient (Wildman–Crippen LogP) is 0.475. The summed E-state index contributed by atoms with van der Waals surface area (Å²) in [6.45, 7) is 0.587. The topological polar surface area (TPSA) is 70.7 Å². The molecule has 0 spiro atoms. The smallest absolute Gasteiger partial charge is 0.251 e. The molecule has 0 atom stereocenters. The van der Waals surface area contributed by atoms with E-state index >= 15 is 0 Å². The standard InChI is InChI=1S/C12H14N4O/c1-13-8-10-6-12(17)16-11(15-10)5-9-3-2-4-14-7-9/h2-4,6-7,13H,5,8H2,1H3,(H,15,16,17). The third kappa shape index (κ3) is 3.22. The van der Waals surface area contributed by atoms with Gasteiger partial charge in [0.1, 0.15) is 5.82 Å². The zero-order valence-corrected chi connectivity index (χ0v) is 9.60. The first-order chi connectivity index (χ1) is 8.28. The van der Waals surface area contributed by atoms with Crippen LogP contribution in [0, 0.1) is 0 Å². The lowest BCUT2D eigenvalue weighted by Gasteiger charge is -2.03. The summed E-state index contributed by atoms with van der Waals surface area (Å²) in [5, 5.41) is 2.97. The van der Waals surface area contributed by atoms with Crippen LogP contribution in [-0.2, 0) is 13.0 Å². The second-order valence-corrected chi connectivity index (χ2v) is 3.75. The summed E-state index contributed by atoms with van der Waals surface area (Å²) in [4.78, 5) is 22.6. The van der Waals surface area contributed by atoms with E-state index in [-0.39, 0.29) is 5.56 Å². The minimum atomic E-state index is -0.121. The largest absolute Gasteiger partial charge is 0.314 e. The first-order valence-corrected chi connectivity index (χ1v) is 5.40. The molecule has 17 heavy (non-hydrogen) atoms. The van der Waals surface area contributed by atoms with Crippen molar-refractivity contribution in [2.75, 3.05) is 7.05 Å². The lowest BCUT2D eigenvalue weighted by molar-refractivity contribution is 0.767. The fraction of sp³-hybridized carbons (Fsp3) is 0.250. The van der Waals surface area contributed by atoms with Gasteiger partial charge in [0.2, 0.25) is 0 Å². The van der Waals surface area contributed by atoms with E-state index in [4.69, 9.17) is 0 Å². The summed E-state index contributed by atoms with van der Waals surface area (Å²) in [6.07, 6.45) is 4.07. The van der Waals surface area contributed by atoms with Crippen molar-refractivity contribution in [2.24, 2.45) is 0 Å². The van der Waals surface area contributed by atoms with Crippen molar-refractivity contribution in [3.05, 3.63) is 58.0 Å². The average molecular weight is 230 g/mol. The summed E-state index contributed by atoms with van der Waals surface area (Å²) in [6, 6.07) is 5.33. The van der Waals surface area contributed by atoms with Crippen molar-refractivity contribution in [1.82, 2.24) is 20.3 Å². The molecule has 0 radical (unpaired) electrons. The second kappa shape index (κ2) is 5.36. The van der Waals surface area contributed by atoms with Crippen LogP contribution in [0.1, 0.15) is 17.1 Å². The van der Waals surface area contributed by atoms with Gasteiger partial charge in [-0.1, -0.05) is 6.07 Å². The molecule has 2 heterocycles. The fourth-order valence-electron chi connectivity index (χ4n) is 1.61.